The molecular formula is C18H18N4. The zero-order chi connectivity index (χ0) is 15.7. The number of hydrogen-bond donors (Lipinski definition) is 0. The van der Waals surface area contributed by atoms with Crippen LogP contribution in [0, 0.1) is 27.7 Å². The van der Waals surface area contributed by atoms with Crippen LogP contribution in [0.25, 0.3) is 22.6 Å². The van der Waals surface area contributed by atoms with Gasteiger partial charge in [0.15, 0.2) is 0 Å². The normalized spacial score (nSPS) is 10.7. The molecule has 0 saturated heterocycles. The van der Waals surface area contributed by atoms with Crippen molar-refractivity contribution in [2.45, 2.75) is 27.7 Å². The molecule has 0 unspecified atom stereocenters. The van der Waals surface area contributed by atoms with E-state index in [1.165, 1.54) is 11.1 Å². The third-order valence-corrected chi connectivity index (χ3v) is 4.15. The Balaban J connectivity index is 2.28. The van der Waals surface area contributed by atoms with Gasteiger partial charge in [0, 0.05) is 18.0 Å². The van der Waals surface area contributed by atoms with Crippen LogP contribution in [0.5, 0.6) is 0 Å². The van der Waals surface area contributed by atoms with Crippen LogP contribution in [0.3, 0.4) is 0 Å². The second kappa shape index (κ2) is 5.64. The summed E-state index contributed by atoms with van der Waals surface area (Å²) >= 11 is 0. The van der Waals surface area contributed by atoms with Crippen LogP contribution in [0.15, 0.2) is 36.8 Å². The summed E-state index contributed by atoms with van der Waals surface area (Å²) in [6.45, 7) is 8.31. The lowest BCUT2D eigenvalue weighted by Gasteiger charge is -2.12. The number of aromatic nitrogens is 4. The van der Waals surface area contributed by atoms with Crippen molar-refractivity contribution in [1.29, 1.82) is 0 Å². The van der Waals surface area contributed by atoms with Crippen LogP contribution >= 0.6 is 0 Å². The molecule has 110 valence electrons. The molecule has 0 spiro atoms. The van der Waals surface area contributed by atoms with Crippen molar-refractivity contribution in [2.75, 3.05) is 0 Å². The molecule has 0 bridgehead atoms. The lowest BCUT2D eigenvalue weighted by Crippen LogP contribution is -2.00. The topological polar surface area (TPSA) is 51.6 Å². The van der Waals surface area contributed by atoms with Gasteiger partial charge in [-0.1, -0.05) is 0 Å². The van der Waals surface area contributed by atoms with Gasteiger partial charge in [0.1, 0.15) is 5.69 Å². The van der Waals surface area contributed by atoms with E-state index in [-0.39, 0.29) is 0 Å². The van der Waals surface area contributed by atoms with Gasteiger partial charge in [-0.3, -0.25) is 9.97 Å². The summed E-state index contributed by atoms with van der Waals surface area (Å²) in [5, 5.41) is 8.40. The van der Waals surface area contributed by atoms with Gasteiger partial charge in [0.05, 0.1) is 17.6 Å². The number of hydrogen-bond acceptors (Lipinski definition) is 4. The third kappa shape index (κ3) is 2.37. The van der Waals surface area contributed by atoms with Gasteiger partial charge in [-0.2, -0.15) is 5.10 Å². The van der Waals surface area contributed by atoms with Crippen LogP contribution in [-0.4, -0.2) is 20.2 Å². The van der Waals surface area contributed by atoms with Gasteiger partial charge in [-0.25, -0.2) is 0 Å². The Bertz CT molecular complexity index is 770. The van der Waals surface area contributed by atoms with Crippen molar-refractivity contribution < 1.29 is 0 Å². The lowest BCUT2D eigenvalue weighted by molar-refractivity contribution is 1.02. The van der Waals surface area contributed by atoms with E-state index < -0.39 is 0 Å². The number of rotatable bonds is 2. The van der Waals surface area contributed by atoms with Crippen LogP contribution in [0.2, 0.25) is 0 Å². The maximum absolute atomic E-state index is 4.55. The van der Waals surface area contributed by atoms with E-state index in [2.05, 4.69) is 47.9 Å². The maximum Gasteiger partial charge on any atom is 0.121 e. The van der Waals surface area contributed by atoms with Gasteiger partial charge in [-0.15, -0.1) is 5.10 Å². The molecule has 3 heterocycles. The molecule has 0 radical (unpaired) electrons. The molecule has 22 heavy (non-hydrogen) atoms. The van der Waals surface area contributed by atoms with Gasteiger partial charge >= 0.3 is 0 Å². The van der Waals surface area contributed by atoms with E-state index in [1.54, 1.807) is 6.20 Å². The Kier molecular flexibility index (Phi) is 3.67. The molecule has 0 atom stereocenters. The third-order valence-electron chi connectivity index (χ3n) is 4.15. The smallest absolute Gasteiger partial charge is 0.121 e. The number of aryl methyl sites for hydroxylation is 2. The molecule has 0 amide bonds. The predicted octanol–water partition coefficient (Wildman–Crippen LogP) is 3.83. The summed E-state index contributed by atoms with van der Waals surface area (Å²) in [5.41, 5.74) is 8.23. The van der Waals surface area contributed by atoms with E-state index in [0.717, 1.165) is 33.8 Å². The zero-order valence-corrected chi connectivity index (χ0v) is 13.3. The van der Waals surface area contributed by atoms with Gasteiger partial charge < -0.3 is 0 Å². The highest BCUT2D eigenvalue weighted by atomic mass is 15.1. The molecule has 0 saturated carbocycles. The van der Waals surface area contributed by atoms with Crippen molar-refractivity contribution in [3.63, 3.8) is 0 Å². The van der Waals surface area contributed by atoms with E-state index in [9.17, 15) is 0 Å². The average Bonchev–Trinajstić information content (AvgIpc) is 2.53. The molecule has 4 nitrogen and oxygen atoms in total. The molecular weight excluding hydrogens is 272 g/mol. The number of pyridine rings is 2. The van der Waals surface area contributed by atoms with Crippen LogP contribution in [-0.2, 0) is 0 Å². The summed E-state index contributed by atoms with van der Waals surface area (Å²) < 4.78 is 0. The molecule has 3 rings (SSSR count). The fraction of sp³-hybridized carbons (Fsp3) is 0.222. The van der Waals surface area contributed by atoms with E-state index in [1.807, 2.05) is 30.6 Å². The van der Waals surface area contributed by atoms with Crippen molar-refractivity contribution in [3.05, 3.63) is 59.0 Å². The standard InChI is InChI=1S/C18H18N4/c1-11-5-8-19-16(13(11)3)15-7-10-21-22-18(15)17-14(4)12(2)6-9-20-17/h5-10H,1-4H3. The Hall–Kier alpha value is -2.62. The minimum absolute atomic E-state index is 0.782. The summed E-state index contributed by atoms with van der Waals surface area (Å²) in [4.78, 5) is 9.07. The SMILES string of the molecule is Cc1ccnc(-c2ccnnc2-c2nccc(C)c2C)c1C. The molecule has 0 fully saturated rings. The molecule has 4 heteroatoms. The van der Waals surface area contributed by atoms with Crippen LogP contribution < -0.4 is 0 Å². The first kappa shape index (κ1) is 14.3. The second-order valence-corrected chi connectivity index (χ2v) is 5.50. The number of nitrogens with zero attached hydrogens (tertiary/aromatic N) is 4. The largest absolute Gasteiger partial charge is 0.256 e. The highest BCUT2D eigenvalue weighted by Gasteiger charge is 2.16. The first-order valence-corrected chi connectivity index (χ1v) is 7.26. The van der Waals surface area contributed by atoms with Gasteiger partial charge in [0.2, 0.25) is 0 Å². The van der Waals surface area contributed by atoms with Gasteiger partial charge in [-0.05, 0) is 68.1 Å². The van der Waals surface area contributed by atoms with Crippen molar-refractivity contribution in [1.82, 2.24) is 20.2 Å². The highest BCUT2D eigenvalue weighted by molar-refractivity contribution is 5.80. The molecule has 0 N–H and O–H groups in total. The molecule has 3 aromatic heterocycles. The molecule has 0 aliphatic carbocycles. The molecule has 0 aromatic carbocycles. The highest BCUT2D eigenvalue weighted by Crippen LogP contribution is 2.32. The summed E-state index contributed by atoms with van der Waals surface area (Å²) in [5.74, 6) is 0. The van der Waals surface area contributed by atoms with Crippen LogP contribution in [0.4, 0.5) is 0 Å². The minimum atomic E-state index is 0.782. The monoisotopic (exact) mass is 290 g/mol. The molecule has 0 aliphatic heterocycles. The Labute approximate surface area is 130 Å². The first-order chi connectivity index (χ1) is 10.6. The second-order valence-electron chi connectivity index (χ2n) is 5.50. The molecule has 3 aromatic rings. The quantitative estimate of drug-likeness (QED) is 0.719. The molecule has 0 aliphatic rings. The maximum atomic E-state index is 4.55. The van der Waals surface area contributed by atoms with E-state index in [4.69, 9.17) is 0 Å². The lowest BCUT2D eigenvalue weighted by atomic mass is 9.98. The zero-order valence-electron chi connectivity index (χ0n) is 13.3. The fourth-order valence-corrected chi connectivity index (χ4v) is 2.47. The Morgan fingerprint density at radius 1 is 0.636 bits per heavy atom. The predicted molar refractivity (Wildman–Crippen MR) is 87.4 cm³/mol. The van der Waals surface area contributed by atoms with Crippen molar-refractivity contribution in [3.8, 4) is 22.6 Å². The van der Waals surface area contributed by atoms with Crippen molar-refractivity contribution >= 4 is 0 Å². The van der Waals surface area contributed by atoms with Crippen molar-refractivity contribution in [2.24, 2.45) is 0 Å². The first-order valence-electron chi connectivity index (χ1n) is 7.26. The Morgan fingerprint density at radius 2 is 1.23 bits per heavy atom. The van der Waals surface area contributed by atoms with Crippen LogP contribution in [0.1, 0.15) is 22.3 Å². The van der Waals surface area contributed by atoms with Gasteiger partial charge in [0.25, 0.3) is 0 Å². The average molecular weight is 290 g/mol. The minimum Gasteiger partial charge on any atom is -0.256 e. The van der Waals surface area contributed by atoms with E-state index in [0.29, 0.717) is 0 Å². The summed E-state index contributed by atoms with van der Waals surface area (Å²) in [6, 6.07) is 5.98. The summed E-state index contributed by atoms with van der Waals surface area (Å²) in [7, 11) is 0. The summed E-state index contributed by atoms with van der Waals surface area (Å²) in [6.07, 6.45) is 5.35. The Morgan fingerprint density at radius 3 is 1.91 bits per heavy atom. The van der Waals surface area contributed by atoms with E-state index >= 15 is 0 Å². The fourth-order valence-electron chi connectivity index (χ4n) is 2.47.